The summed E-state index contributed by atoms with van der Waals surface area (Å²) in [5.41, 5.74) is 2.32. The Morgan fingerprint density at radius 3 is 2.22 bits per heavy atom. The Bertz CT molecular complexity index is 1270. The van der Waals surface area contributed by atoms with Crippen LogP contribution >= 0.6 is 11.8 Å². The van der Waals surface area contributed by atoms with Crippen molar-refractivity contribution in [1.82, 2.24) is 0 Å². The number of methoxy groups -OCH3 is 1. The predicted octanol–water partition coefficient (Wildman–Crippen LogP) is 4.10. The molecule has 1 atom stereocenters. The lowest BCUT2D eigenvalue weighted by molar-refractivity contribution is -0.142. The number of ether oxygens (including phenoxy) is 1. The van der Waals surface area contributed by atoms with E-state index >= 15 is 0 Å². The molecular weight excluding hydrogens is 424 g/mol. The van der Waals surface area contributed by atoms with Crippen LogP contribution in [0.25, 0.3) is 5.70 Å². The molecule has 1 N–H and O–H groups in total. The number of esters is 1. The van der Waals surface area contributed by atoms with Crippen molar-refractivity contribution in [1.29, 1.82) is 0 Å². The smallest absolute Gasteiger partial charge is 0.348 e. The van der Waals surface area contributed by atoms with Gasteiger partial charge >= 0.3 is 11.9 Å². The Labute approximate surface area is 188 Å². The van der Waals surface area contributed by atoms with Crippen LogP contribution in [0.2, 0.25) is 0 Å². The third-order valence-corrected chi connectivity index (χ3v) is 6.90. The molecule has 158 valence electrons. The van der Waals surface area contributed by atoms with Crippen molar-refractivity contribution in [3.05, 3.63) is 96.1 Å². The van der Waals surface area contributed by atoms with Crippen LogP contribution in [-0.4, -0.2) is 29.6 Å². The van der Waals surface area contributed by atoms with Crippen molar-refractivity contribution in [3.8, 4) is 0 Å². The molecule has 1 saturated heterocycles. The Balaban J connectivity index is 1.90. The molecular formula is C25H18N2O4S. The second-order valence-electron chi connectivity index (χ2n) is 7.28. The van der Waals surface area contributed by atoms with Gasteiger partial charge in [-0.2, -0.15) is 0 Å². The van der Waals surface area contributed by atoms with Crippen LogP contribution in [0.4, 0.5) is 11.4 Å². The molecule has 1 fully saturated rings. The number of rotatable bonds is 3. The van der Waals surface area contributed by atoms with Gasteiger partial charge in [0.15, 0.2) is 0 Å². The molecule has 6 nitrogen and oxygen atoms in total. The molecule has 2 heterocycles. The van der Waals surface area contributed by atoms with Crippen LogP contribution in [0, 0.1) is 0 Å². The van der Waals surface area contributed by atoms with Crippen molar-refractivity contribution in [2.24, 2.45) is 0 Å². The molecule has 1 amide bonds. The summed E-state index contributed by atoms with van der Waals surface area (Å²) in [6.07, 6.45) is 0. The highest BCUT2D eigenvalue weighted by molar-refractivity contribution is 8.02. The number of hydrogen-bond donors (Lipinski definition) is 1. The van der Waals surface area contributed by atoms with Gasteiger partial charge in [0.1, 0.15) is 0 Å². The largest absolute Gasteiger partial charge is 0.466 e. The lowest BCUT2D eigenvalue weighted by Crippen LogP contribution is -2.51. The first-order valence-corrected chi connectivity index (χ1v) is 10.8. The normalized spacial score (nSPS) is 19.7. The van der Waals surface area contributed by atoms with Crippen LogP contribution in [-0.2, 0) is 19.1 Å². The standard InChI is InChI=1S/C25H18N2O4S/c1-31-24(30)25-20(22(28)23(29)27(25)17-12-6-3-7-13-17)21(16-10-4-2-5-11-16)26-18-14-8-9-15-19(18)32-25/h2-15,26H,1H3. The number of Topliss-reactive ketones (excluding diaryl/α,β-unsaturated/α-hetero) is 1. The predicted molar refractivity (Wildman–Crippen MR) is 123 cm³/mol. The van der Waals surface area contributed by atoms with E-state index in [0.29, 0.717) is 21.8 Å². The molecule has 1 unspecified atom stereocenters. The Kier molecular flexibility index (Phi) is 4.83. The van der Waals surface area contributed by atoms with E-state index in [9.17, 15) is 14.4 Å². The second kappa shape index (κ2) is 7.69. The maximum atomic E-state index is 13.5. The fraction of sp³-hybridized carbons (Fsp3) is 0.0800. The molecule has 0 aromatic heterocycles. The van der Waals surface area contributed by atoms with E-state index < -0.39 is 22.5 Å². The van der Waals surface area contributed by atoms with Crippen molar-refractivity contribution in [2.45, 2.75) is 9.77 Å². The first-order valence-electron chi connectivity index (χ1n) is 9.95. The van der Waals surface area contributed by atoms with E-state index in [1.54, 1.807) is 30.3 Å². The maximum Gasteiger partial charge on any atom is 0.348 e. The molecule has 0 radical (unpaired) electrons. The lowest BCUT2D eigenvalue weighted by Gasteiger charge is -2.34. The minimum atomic E-state index is -1.73. The van der Waals surface area contributed by atoms with Gasteiger partial charge in [0, 0.05) is 10.6 Å². The van der Waals surface area contributed by atoms with E-state index in [1.165, 1.54) is 12.0 Å². The molecule has 3 aromatic rings. The van der Waals surface area contributed by atoms with Crippen molar-refractivity contribution in [2.75, 3.05) is 17.3 Å². The van der Waals surface area contributed by atoms with Crippen molar-refractivity contribution in [3.63, 3.8) is 0 Å². The van der Waals surface area contributed by atoms with Crippen LogP contribution in [0.1, 0.15) is 5.56 Å². The summed E-state index contributed by atoms with van der Waals surface area (Å²) >= 11 is 1.13. The average molecular weight is 442 g/mol. The van der Waals surface area contributed by atoms with Gasteiger partial charge in [-0.15, -0.1) is 0 Å². The number of nitrogens with one attached hydrogen (secondary N) is 1. The molecule has 3 aromatic carbocycles. The zero-order valence-electron chi connectivity index (χ0n) is 17.1. The minimum Gasteiger partial charge on any atom is -0.466 e. The minimum absolute atomic E-state index is 0.0607. The Hall–Kier alpha value is -3.84. The van der Waals surface area contributed by atoms with Crippen LogP contribution < -0.4 is 10.2 Å². The molecule has 0 aliphatic carbocycles. The number of fused-ring (bicyclic) bond motifs is 2. The summed E-state index contributed by atoms with van der Waals surface area (Å²) in [6, 6.07) is 25.3. The highest BCUT2D eigenvalue weighted by Gasteiger charge is 2.64. The van der Waals surface area contributed by atoms with Gasteiger partial charge in [0.25, 0.3) is 5.78 Å². The number of benzene rings is 3. The summed E-state index contributed by atoms with van der Waals surface area (Å²) in [7, 11) is 1.26. The summed E-state index contributed by atoms with van der Waals surface area (Å²) in [4.78, 5) is 40.7. The van der Waals surface area contributed by atoms with Crippen molar-refractivity contribution >= 4 is 46.5 Å². The fourth-order valence-corrected chi connectivity index (χ4v) is 5.52. The first kappa shape index (κ1) is 20.1. The van der Waals surface area contributed by atoms with E-state index in [1.807, 2.05) is 54.6 Å². The van der Waals surface area contributed by atoms with Gasteiger partial charge in [-0.05, 0) is 29.8 Å². The molecule has 2 aliphatic rings. The Morgan fingerprint density at radius 1 is 0.906 bits per heavy atom. The van der Waals surface area contributed by atoms with Gasteiger partial charge in [-0.3, -0.25) is 14.5 Å². The van der Waals surface area contributed by atoms with Crippen LogP contribution in [0.3, 0.4) is 0 Å². The van der Waals surface area contributed by atoms with E-state index in [2.05, 4.69) is 5.32 Å². The zero-order chi connectivity index (χ0) is 22.3. The number of hydrogen-bond acceptors (Lipinski definition) is 6. The van der Waals surface area contributed by atoms with Gasteiger partial charge in [-0.25, -0.2) is 4.79 Å². The van der Waals surface area contributed by atoms with Gasteiger partial charge in [0.05, 0.1) is 24.1 Å². The third kappa shape index (κ3) is 2.85. The number of para-hydroxylation sites is 2. The first-order chi connectivity index (χ1) is 15.6. The summed E-state index contributed by atoms with van der Waals surface area (Å²) in [5, 5.41) is 3.33. The highest BCUT2D eigenvalue weighted by atomic mass is 32.2. The topological polar surface area (TPSA) is 75.7 Å². The second-order valence-corrected chi connectivity index (χ2v) is 8.51. The number of thioether (sulfide) groups is 1. The molecule has 0 saturated carbocycles. The lowest BCUT2D eigenvalue weighted by atomic mass is 9.98. The zero-order valence-corrected chi connectivity index (χ0v) is 17.9. The van der Waals surface area contributed by atoms with Crippen molar-refractivity contribution < 1.29 is 19.1 Å². The molecule has 0 bridgehead atoms. The number of nitrogens with zero attached hydrogens (tertiary/aromatic N) is 1. The SMILES string of the molecule is COC(=O)C12Sc3ccccc3NC(c3ccccc3)=C1C(=O)C(=O)N2c1ccccc1. The third-order valence-electron chi connectivity index (χ3n) is 5.47. The summed E-state index contributed by atoms with van der Waals surface area (Å²) in [6.45, 7) is 0. The summed E-state index contributed by atoms with van der Waals surface area (Å²) in [5.74, 6) is -2.22. The number of ketones is 1. The van der Waals surface area contributed by atoms with E-state index in [4.69, 9.17) is 4.74 Å². The number of amides is 1. The Morgan fingerprint density at radius 2 is 1.53 bits per heavy atom. The van der Waals surface area contributed by atoms with Gasteiger partial charge < -0.3 is 10.1 Å². The number of anilines is 2. The molecule has 0 spiro atoms. The summed E-state index contributed by atoms with van der Waals surface area (Å²) < 4.78 is 5.23. The number of carbonyl (C=O) groups excluding carboxylic acids is 3. The quantitative estimate of drug-likeness (QED) is 0.486. The van der Waals surface area contributed by atoms with E-state index in [-0.39, 0.29) is 5.57 Å². The van der Waals surface area contributed by atoms with Gasteiger partial charge in [-0.1, -0.05) is 72.4 Å². The molecule has 2 aliphatic heterocycles. The van der Waals surface area contributed by atoms with Gasteiger partial charge in [0.2, 0.25) is 4.87 Å². The average Bonchev–Trinajstić information content (AvgIpc) is 2.96. The fourth-order valence-electron chi connectivity index (χ4n) is 4.08. The van der Waals surface area contributed by atoms with Crippen LogP contribution in [0.5, 0.6) is 0 Å². The van der Waals surface area contributed by atoms with E-state index in [0.717, 1.165) is 17.4 Å². The monoisotopic (exact) mass is 442 g/mol. The van der Waals surface area contributed by atoms with Crippen LogP contribution in [0.15, 0.2) is 95.4 Å². The number of carbonyl (C=O) groups is 3. The maximum absolute atomic E-state index is 13.5. The highest BCUT2D eigenvalue weighted by Crippen LogP contribution is 2.54. The molecule has 7 heteroatoms. The molecule has 5 rings (SSSR count). The molecule has 32 heavy (non-hydrogen) atoms.